The summed E-state index contributed by atoms with van der Waals surface area (Å²) in [5.74, 6) is -1.71. The maximum atomic E-state index is 11.8. The lowest BCUT2D eigenvalue weighted by Crippen LogP contribution is -2.43. The second kappa shape index (κ2) is 7.67. The summed E-state index contributed by atoms with van der Waals surface area (Å²) in [7, 11) is 0. The Morgan fingerprint density at radius 2 is 1.80 bits per heavy atom. The number of cyclic esters (lactones) is 2. The molecule has 1 rings (SSSR count). The molecule has 3 atom stereocenters. The highest BCUT2D eigenvalue weighted by Crippen LogP contribution is 2.05. The SMILES string of the molecule is C[C@@H]1/C=C/CC(=O)OC[C@H](C)C(=O)N[C@@H](C)C(=O)OC1. The van der Waals surface area contributed by atoms with Gasteiger partial charge in [0.05, 0.1) is 18.9 Å². The average molecular weight is 283 g/mol. The molecule has 0 aromatic heterocycles. The molecule has 6 nitrogen and oxygen atoms in total. The van der Waals surface area contributed by atoms with Gasteiger partial charge in [-0.2, -0.15) is 0 Å². The average Bonchev–Trinajstić information content (AvgIpc) is 2.40. The summed E-state index contributed by atoms with van der Waals surface area (Å²) in [5.41, 5.74) is 0. The van der Waals surface area contributed by atoms with Gasteiger partial charge in [-0.1, -0.05) is 26.0 Å². The number of carbonyl (C=O) groups excluding carboxylic acids is 3. The Hall–Kier alpha value is -1.85. The molecule has 0 aliphatic carbocycles. The summed E-state index contributed by atoms with van der Waals surface area (Å²) >= 11 is 0. The Balaban J connectivity index is 2.73. The van der Waals surface area contributed by atoms with Crippen LogP contribution in [0.15, 0.2) is 12.2 Å². The molecule has 0 aromatic carbocycles. The Morgan fingerprint density at radius 1 is 1.10 bits per heavy atom. The number of rotatable bonds is 0. The van der Waals surface area contributed by atoms with Crippen LogP contribution in [0, 0.1) is 11.8 Å². The number of carbonyl (C=O) groups is 3. The first kappa shape index (κ1) is 16.2. The van der Waals surface area contributed by atoms with Gasteiger partial charge >= 0.3 is 11.9 Å². The molecule has 0 saturated carbocycles. The third-order valence-electron chi connectivity index (χ3n) is 2.89. The zero-order chi connectivity index (χ0) is 15.1. The molecular formula is C14H21NO5. The zero-order valence-electron chi connectivity index (χ0n) is 12.0. The highest BCUT2D eigenvalue weighted by atomic mass is 16.5. The molecule has 0 aromatic rings. The highest BCUT2D eigenvalue weighted by molar-refractivity contribution is 5.85. The van der Waals surface area contributed by atoms with Crippen molar-refractivity contribution in [2.45, 2.75) is 33.2 Å². The first-order chi connectivity index (χ1) is 9.40. The van der Waals surface area contributed by atoms with E-state index >= 15 is 0 Å². The molecule has 1 aliphatic heterocycles. The Kier molecular flexibility index (Phi) is 6.21. The van der Waals surface area contributed by atoms with E-state index in [2.05, 4.69) is 5.32 Å². The van der Waals surface area contributed by atoms with Gasteiger partial charge in [-0.05, 0) is 6.92 Å². The summed E-state index contributed by atoms with van der Waals surface area (Å²) in [6.07, 6.45) is 3.62. The van der Waals surface area contributed by atoms with Crippen molar-refractivity contribution in [3.8, 4) is 0 Å². The summed E-state index contributed by atoms with van der Waals surface area (Å²) in [6, 6.07) is -0.722. The van der Waals surface area contributed by atoms with Gasteiger partial charge in [-0.25, -0.2) is 4.79 Å². The van der Waals surface area contributed by atoms with E-state index in [1.54, 1.807) is 26.0 Å². The van der Waals surface area contributed by atoms with Crippen molar-refractivity contribution in [1.82, 2.24) is 5.32 Å². The third-order valence-corrected chi connectivity index (χ3v) is 2.89. The lowest BCUT2D eigenvalue weighted by atomic mass is 10.1. The molecule has 1 N–H and O–H groups in total. The lowest BCUT2D eigenvalue weighted by molar-refractivity contribution is -0.150. The molecule has 6 heteroatoms. The number of hydrogen-bond donors (Lipinski definition) is 1. The molecule has 0 saturated heterocycles. The van der Waals surface area contributed by atoms with Crippen LogP contribution < -0.4 is 5.32 Å². The van der Waals surface area contributed by atoms with E-state index in [1.165, 1.54) is 0 Å². The molecular weight excluding hydrogens is 262 g/mol. The maximum absolute atomic E-state index is 11.8. The smallest absolute Gasteiger partial charge is 0.328 e. The van der Waals surface area contributed by atoms with Crippen LogP contribution in [0.5, 0.6) is 0 Å². The topological polar surface area (TPSA) is 81.7 Å². The van der Waals surface area contributed by atoms with Crippen molar-refractivity contribution in [2.24, 2.45) is 11.8 Å². The van der Waals surface area contributed by atoms with Crippen molar-refractivity contribution < 1.29 is 23.9 Å². The Labute approximate surface area is 118 Å². The normalized spacial score (nSPS) is 31.6. The minimum Gasteiger partial charge on any atom is -0.465 e. The fourth-order valence-corrected chi connectivity index (χ4v) is 1.56. The summed E-state index contributed by atoms with van der Waals surface area (Å²) < 4.78 is 10.1. The number of ether oxygens (including phenoxy) is 2. The van der Waals surface area contributed by atoms with Crippen molar-refractivity contribution >= 4 is 17.8 Å². The van der Waals surface area contributed by atoms with E-state index in [0.717, 1.165) is 0 Å². The van der Waals surface area contributed by atoms with Crippen molar-refractivity contribution in [1.29, 1.82) is 0 Å². The number of esters is 2. The van der Waals surface area contributed by atoms with Gasteiger partial charge in [0.1, 0.15) is 12.6 Å². The predicted molar refractivity (Wildman–Crippen MR) is 71.6 cm³/mol. The Bertz CT molecular complexity index is 404. The molecule has 0 fully saturated rings. The zero-order valence-corrected chi connectivity index (χ0v) is 12.0. The van der Waals surface area contributed by atoms with E-state index < -0.39 is 17.9 Å². The lowest BCUT2D eigenvalue weighted by Gasteiger charge is -2.18. The molecule has 1 aliphatic rings. The molecule has 0 radical (unpaired) electrons. The molecule has 20 heavy (non-hydrogen) atoms. The van der Waals surface area contributed by atoms with Crippen LogP contribution in [-0.2, 0) is 23.9 Å². The van der Waals surface area contributed by atoms with Crippen LogP contribution in [0.2, 0.25) is 0 Å². The van der Waals surface area contributed by atoms with Crippen molar-refractivity contribution in [2.75, 3.05) is 13.2 Å². The van der Waals surface area contributed by atoms with Gasteiger partial charge in [0, 0.05) is 5.92 Å². The fraction of sp³-hybridized carbons (Fsp3) is 0.643. The Morgan fingerprint density at radius 3 is 2.50 bits per heavy atom. The molecule has 1 amide bonds. The maximum Gasteiger partial charge on any atom is 0.328 e. The van der Waals surface area contributed by atoms with Crippen LogP contribution in [0.25, 0.3) is 0 Å². The van der Waals surface area contributed by atoms with Crippen LogP contribution in [0.4, 0.5) is 0 Å². The largest absolute Gasteiger partial charge is 0.465 e. The van der Waals surface area contributed by atoms with E-state index in [-0.39, 0.29) is 37.4 Å². The predicted octanol–water partition coefficient (Wildman–Crippen LogP) is 0.810. The number of hydrogen-bond acceptors (Lipinski definition) is 5. The van der Waals surface area contributed by atoms with Crippen LogP contribution >= 0.6 is 0 Å². The summed E-state index contributed by atoms with van der Waals surface area (Å²) in [5, 5.41) is 2.54. The van der Waals surface area contributed by atoms with Gasteiger partial charge in [-0.3, -0.25) is 9.59 Å². The van der Waals surface area contributed by atoms with Crippen molar-refractivity contribution in [3.63, 3.8) is 0 Å². The van der Waals surface area contributed by atoms with E-state index in [0.29, 0.717) is 0 Å². The molecule has 112 valence electrons. The summed E-state index contributed by atoms with van der Waals surface area (Å²) in [6.45, 7) is 5.26. The monoisotopic (exact) mass is 283 g/mol. The standard InChI is InChI=1S/C14H21NO5/c1-9-5-4-6-12(16)19-8-10(2)13(17)15-11(3)14(18)20-7-9/h4-5,9-11H,6-8H2,1-3H3,(H,15,17)/b5-4+/t9-,10+,11+/m1/s1. The van der Waals surface area contributed by atoms with Gasteiger partial charge in [-0.15, -0.1) is 0 Å². The quantitative estimate of drug-likeness (QED) is 0.525. The van der Waals surface area contributed by atoms with Crippen LogP contribution in [0.1, 0.15) is 27.2 Å². The van der Waals surface area contributed by atoms with E-state index in [4.69, 9.17) is 9.47 Å². The summed E-state index contributed by atoms with van der Waals surface area (Å²) in [4.78, 5) is 34.9. The second-order valence-corrected chi connectivity index (χ2v) is 5.05. The minimum absolute atomic E-state index is 0.00323. The minimum atomic E-state index is -0.722. The molecule has 0 spiro atoms. The van der Waals surface area contributed by atoms with Gasteiger partial charge in [0.2, 0.25) is 5.91 Å². The van der Waals surface area contributed by atoms with Crippen LogP contribution in [-0.4, -0.2) is 37.1 Å². The van der Waals surface area contributed by atoms with Gasteiger partial charge in [0.25, 0.3) is 0 Å². The number of amides is 1. The molecule has 0 bridgehead atoms. The first-order valence-electron chi connectivity index (χ1n) is 6.69. The molecule has 0 unspecified atom stereocenters. The van der Waals surface area contributed by atoms with E-state index in [1.807, 2.05) is 6.92 Å². The van der Waals surface area contributed by atoms with Crippen molar-refractivity contribution in [3.05, 3.63) is 12.2 Å². The van der Waals surface area contributed by atoms with Gasteiger partial charge < -0.3 is 14.8 Å². The van der Waals surface area contributed by atoms with Gasteiger partial charge in [0.15, 0.2) is 0 Å². The number of nitrogens with one attached hydrogen (secondary N) is 1. The fourth-order valence-electron chi connectivity index (χ4n) is 1.56. The third kappa shape index (κ3) is 5.42. The van der Waals surface area contributed by atoms with E-state index in [9.17, 15) is 14.4 Å². The first-order valence-corrected chi connectivity index (χ1v) is 6.69. The second-order valence-electron chi connectivity index (χ2n) is 5.05. The highest BCUT2D eigenvalue weighted by Gasteiger charge is 2.22. The molecule has 1 heterocycles. The van der Waals surface area contributed by atoms with Crippen LogP contribution in [0.3, 0.4) is 0 Å².